The van der Waals surface area contributed by atoms with Crippen molar-refractivity contribution < 1.29 is 17.9 Å². The number of benzene rings is 2. The van der Waals surface area contributed by atoms with Gasteiger partial charge in [-0.1, -0.05) is 80.6 Å². The zero-order chi connectivity index (χ0) is 20.4. The van der Waals surface area contributed by atoms with Crippen LogP contribution in [0.2, 0.25) is 0 Å². The third-order valence-corrected chi connectivity index (χ3v) is 6.57. The van der Waals surface area contributed by atoms with E-state index in [1.807, 2.05) is 37.3 Å². The molecular formula is C22H29NO4S. The van der Waals surface area contributed by atoms with E-state index < -0.39 is 21.3 Å². The predicted octanol–water partition coefficient (Wildman–Crippen LogP) is 4.99. The Morgan fingerprint density at radius 2 is 1.68 bits per heavy atom. The molecular weight excluding hydrogens is 374 g/mol. The quantitative estimate of drug-likeness (QED) is 0.567. The van der Waals surface area contributed by atoms with Crippen molar-refractivity contribution in [2.45, 2.75) is 62.8 Å². The van der Waals surface area contributed by atoms with Crippen molar-refractivity contribution in [1.29, 1.82) is 0 Å². The Balaban J connectivity index is 2.07. The molecule has 0 aliphatic heterocycles. The van der Waals surface area contributed by atoms with Crippen LogP contribution in [0, 0.1) is 6.92 Å². The molecule has 2 aromatic carbocycles. The van der Waals surface area contributed by atoms with Crippen LogP contribution in [-0.4, -0.2) is 19.9 Å². The number of sulfone groups is 1. The van der Waals surface area contributed by atoms with E-state index >= 15 is 0 Å². The first-order valence-electron chi connectivity index (χ1n) is 9.71. The van der Waals surface area contributed by atoms with Crippen molar-refractivity contribution in [3.8, 4) is 0 Å². The summed E-state index contributed by atoms with van der Waals surface area (Å²) >= 11 is 0. The van der Waals surface area contributed by atoms with Crippen LogP contribution in [-0.2, 0) is 21.2 Å². The number of amides is 1. The predicted molar refractivity (Wildman–Crippen MR) is 111 cm³/mol. The number of hydrogen-bond donors (Lipinski definition) is 1. The molecule has 0 bridgehead atoms. The van der Waals surface area contributed by atoms with Crippen molar-refractivity contribution >= 4 is 15.9 Å². The molecule has 5 nitrogen and oxygen atoms in total. The average Bonchev–Trinajstić information content (AvgIpc) is 2.70. The molecule has 0 aliphatic rings. The van der Waals surface area contributed by atoms with Crippen LogP contribution in [0.3, 0.4) is 0 Å². The van der Waals surface area contributed by atoms with Gasteiger partial charge < -0.3 is 10.1 Å². The van der Waals surface area contributed by atoms with Gasteiger partial charge in [-0.05, 0) is 31.0 Å². The number of aryl methyl sites for hydroxylation is 1. The summed E-state index contributed by atoms with van der Waals surface area (Å²) in [6, 6.07) is 16.0. The SMILES string of the molecule is CCCCCCC(NC(=O)OCc1ccccc1)S(=O)(=O)c1ccc(C)cc1. The van der Waals surface area contributed by atoms with Gasteiger partial charge in [-0.25, -0.2) is 13.2 Å². The molecule has 0 radical (unpaired) electrons. The van der Waals surface area contributed by atoms with Gasteiger partial charge in [0.2, 0.25) is 0 Å². The lowest BCUT2D eigenvalue weighted by atomic mass is 10.1. The van der Waals surface area contributed by atoms with Gasteiger partial charge in [-0.3, -0.25) is 0 Å². The Morgan fingerprint density at radius 1 is 1.00 bits per heavy atom. The molecule has 1 unspecified atom stereocenters. The van der Waals surface area contributed by atoms with E-state index in [1.165, 1.54) is 0 Å². The van der Waals surface area contributed by atoms with Gasteiger partial charge in [0.15, 0.2) is 9.84 Å². The Morgan fingerprint density at radius 3 is 2.32 bits per heavy atom. The summed E-state index contributed by atoms with van der Waals surface area (Å²) in [6.07, 6.45) is 3.38. The molecule has 2 rings (SSSR count). The van der Waals surface area contributed by atoms with E-state index in [4.69, 9.17) is 4.74 Å². The van der Waals surface area contributed by atoms with E-state index in [2.05, 4.69) is 12.2 Å². The summed E-state index contributed by atoms with van der Waals surface area (Å²) in [5, 5.41) is 1.56. The molecule has 28 heavy (non-hydrogen) atoms. The van der Waals surface area contributed by atoms with Gasteiger partial charge in [-0.2, -0.15) is 0 Å². The van der Waals surface area contributed by atoms with Gasteiger partial charge in [-0.15, -0.1) is 0 Å². The Kier molecular flexibility index (Phi) is 8.51. The largest absolute Gasteiger partial charge is 0.445 e. The topological polar surface area (TPSA) is 72.5 Å². The first kappa shape index (κ1) is 22.0. The van der Waals surface area contributed by atoms with Crippen molar-refractivity contribution in [2.75, 3.05) is 0 Å². The number of carbonyl (C=O) groups excluding carboxylic acids is 1. The van der Waals surface area contributed by atoms with Crippen molar-refractivity contribution in [2.24, 2.45) is 0 Å². The van der Waals surface area contributed by atoms with Gasteiger partial charge in [0.25, 0.3) is 0 Å². The zero-order valence-corrected chi connectivity index (χ0v) is 17.4. The second-order valence-electron chi connectivity index (χ2n) is 6.90. The van der Waals surface area contributed by atoms with E-state index in [0.717, 1.165) is 36.8 Å². The highest BCUT2D eigenvalue weighted by atomic mass is 32.2. The van der Waals surface area contributed by atoms with Crippen LogP contribution in [0.25, 0.3) is 0 Å². The van der Waals surface area contributed by atoms with Gasteiger partial charge >= 0.3 is 6.09 Å². The summed E-state index contributed by atoms with van der Waals surface area (Å²) in [5.74, 6) is 0. The lowest BCUT2D eigenvalue weighted by molar-refractivity contribution is 0.138. The van der Waals surface area contributed by atoms with Crippen LogP contribution in [0.4, 0.5) is 4.79 Å². The maximum atomic E-state index is 13.0. The molecule has 0 aliphatic carbocycles. The lowest BCUT2D eigenvalue weighted by Crippen LogP contribution is -2.41. The minimum atomic E-state index is -3.69. The number of unbranched alkanes of at least 4 members (excludes halogenated alkanes) is 3. The van der Waals surface area contributed by atoms with Crippen LogP contribution in [0.1, 0.15) is 50.2 Å². The molecule has 0 spiro atoms. The summed E-state index contributed by atoms with van der Waals surface area (Å²) in [4.78, 5) is 12.5. The molecule has 0 aromatic heterocycles. The maximum absolute atomic E-state index is 13.0. The highest BCUT2D eigenvalue weighted by Crippen LogP contribution is 2.20. The minimum Gasteiger partial charge on any atom is -0.445 e. The van der Waals surface area contributed by atoms with Gasteiger partial charge in [0.1, 0.15) is 12.0 Å². The Bertz CT molecular complexity index is 833. The van der Waals surface area contributed by atoms with Gasteiger partial charge in [0.05, 0.1) is 4.90 Å². The van der Waals surface area contributed by atoms with Gasteiger partial charge in [0, 0.05) is 0 Å². The molecule has 1 N–H and O–H groups in total. The molecule has 0 saturated heterocycles. The first-order valence-corrected chi connectivity index (χ1v) is 11.3. The summed E-state index contributed by atoms with van der Waals surface area (Å²) in [6.45, 7) is 4.09. The normalized spacial score (nSPS) is 12.4. The van der Waals surface area contributed by atoms with Crippen molar-refractivity contribution in [3.63, 3.8) is 0 Å². The first-order chi connectivity index (χ1) is 13.4. The fourth-order valence-electron chi connectivity index (χ4n) is 2.85. The standard InChI is InChI=1S/C22H29NO4S/c1-3-4-5-9-12-21(28(25,26)20-15-13-18(2)14-16-20)23-22(24)27-17-19-10-7-6-8-11-19/h6-8,10-11,13-16,21H,3-5,9,12,17H2,1-2H3,(H,23,24). The van der Waals surface area contributed by atoms with Crippen molar-refractivity contribution in [1.82, 2.24) is 5.32 Å². The lowest BCUT2D eigenvalue weighted by Gasteiger charge is -2.19. The number of hydrogen-bond acceptors (Lipinski definition) is 4. The van der Waals surface area contributed by atoms with E-state index in [9.17, 15) is 13.2 Å². The van der Waals surface area contributed by atoms with E-state index in [-0.39, 0.29) is 11.5 Å². The summed E-state index contributed by atoms with van der Waals surface area (Å²) in [5.41, 5.74) is 1.83. The number of rotatable bonds is 10. The number of alkyl carbamates (subject to hydrolysis) is 1. The van der Waals surface area contributed by atoms with E-state index in [1.54, 1.807) is 24.3 Å². The third-order valence-electron chi connectivity index (χ3n) is 4.54. The zero-order valence-electron chi connectivity index (χ0n) is 16.6. The number of carbonyl (C=O) groups is 1. The fraction of sp³-hybridized carbons (Fsp3) is 0.409. The monoisotopic (exact) mass is 403 g/mol. The third kappa shape index (κ3) is 6.68. The summed E-state index contributed by atoms with van der Waals surface area (Å²) < 4.78 is 31.3. The minimum absolute atomic E-state index is 0.0970. The Labute approximate surface area is 168 Å². The second kappa shape index (κ2) is 10.9. The highest BCUT2D eigenvalue weighted by molar-refractivity contribution is 7.92. The maximum Gasteiger partial charge on any atom is 0.408 e. The molecule has 0 fully saturated rings. The molecule has 0 saturated carbocycles. The smallest absolute Gasteiger partial charge is 0.408 e. The molecule has 0 heterocycles. The molecule has 6 heteroatoms. The molecule has 2 aromatic rings. The fourth-order valence-corrected chi connectivity index (χ4v) is 4.42. The number of ether oxygens (including phenoxy) is 1. The van der Waals surface area contributed by atoms with Crippen LogP contribution < -0.4 is 5.32 Å². The molecule has 1 amide bonds. The Hall–Kier alpha value is -2.34. The van der Waals surface area contributed by atoms with Crippen LogP contribution in [0.15, 0.2) is 59.5 Å². The average molecular weight is 404 g/mol. The summed E-state index contributed by atoms with van der Waals surface area (Å²) in [7, 11) is -3.69. The highest BCUT2D eigenvalue weighted by Gasteiger charge is 2.29. The second-order valence-corrected chi connectivity index (χ2v) is 9.03. The van der Waals surface area contributed by atoms with Crippen LogP contribution in [0.5, 0.6) is 0 Å². The van der Waals surface area contributed by atoms with E-state index in [0.29, 0.717) is 6.42 Å². The number of nitrogens with one attached hydrogen (secondary N) is 1. The molecule has 152 valence electrons. The van der Waals surface area contributed by atoms with Crippen molar-refractivity contribution in [3.05, 3.63) is 65.7 Å². The van der Waals surface area contributed by atoms with Crippen LogP contribution >= 0.6 is 0 Å². The molecule has 1 atom stereocenters.